The molecule has 4 nitrogen and oxygen atoms in total. The maximum Gasteiger partial charge on any atom is 0.327 e. The van der Waals surface area contributed by atoms with Gasteiger partial charge in [0.1, 0.15) is 5.54 Å². The van der Waals surface area contributed by atoms with E-state index in [1.54, 1.807) is 11.9 Å². The molecule has 2 N–H and O–H groups in total. The van der Waals surface area contributed by atoms with Crippen LogP contribution in [-0.4, -0.2) is 29.7 Å². The highest BCUT2D eigenvalue weighted by atomic mass is 16.5. The molecule has 0 aromatic carbocycles. The normalized spacial score (nSPS) is 30.6. The number of hydrogen-bond donors (Lipinski definition) is 1. The second-order valence-electron chi connectivity index (χ2n) is 3.29. The second kappa shape index (κ2) is 3.41. The molecule has 1 rings (SSSR count). The van der Waals surface area contributed by atoms with Crippen LogP contribution in [0.3, 0.4) is 0 Å². The lowest BCUT2D eigenvalue weighted by Crippen LogP contribution is -2.52. The fourth-order valence-electron chi connectivity index (χ4n) is 1.49. The minimum absolute atomic E-state index is 0.204. The van der Waals surface area contributed by atoms with E-state index in [4.69, 9.17) is 10.6 Å². The molecule has 12 heavy (non-hydrogen) atoms. The summed E-state index contributed by atoms with van der Waals surface area (Å²) < 4.78 is 4.94. The van der Waals surface area contributed by atoms with Crippen LogP contribution in [0.2, 0.25) is 0 Å². The number of hydrazine groups is 1. The highest BCUT2D eigenvalue weighted by molar-refractivity contribution is 5.80. The molecule has 1 heterocycles. The average molecular weight is 172 g/mol. The first-order valence-corrected chi connectivity index (χ1v) is 4.31. The Labute approximate surface area is 72.6 Å². The molecule has 0 amide bonds. The molecular formula is C8H16N2O2. The highest BCUT2D eigenvalue weighted by Crippen LogP contribution is 2.26. The van der Waals surface area contributed by atoms with Gasteiger partial charge in [-0.15, -0.1) is 0 Å². The summed E-state index contributed by atoms with van der Waals surface area (Å²) in [4.78, 5) is 11.4. The van der Waals surface area contributed by atoms with E-state index in [9.17, 15) is 4.79 Å². The maximum atomic E-state index is 11.4. The Balaban J connectivity index is 2.63. The van der Waals surface area contributed by atoms with Crippen LogP contribution in [-0.2, 0) is 9.53 Å². The molecule has 0 aliphatic carbocycles. The van der Waals surface area contributed by atoms with Crippen LogP contribution in [0.15, 0.2) is 0 Å². The van der Waals surface area contributed by atoms with Crippen LogP contribution in [0.1, 0.15) is 26.7 Å². The van der Waals surface area contributed by atoms with Crippen molar-refractivity contribution >= 4 is 5.97 Å². The molecule has 0 radical (unpaired) electrons. The lowest BCUT2D eigenvalue weighted by molar-refractivity contribution is -0.155. The number of carbonyl (C=O) groups is 1. The van der Waals surface area contributed by atoms with Gasteiger partial charge in [0.25, 0.3) is 0 Å². The van der Waals surface area contributed by atoms with E-state index >= 15 is 0 Å². The molecule has 4 heteroatoms. The van der Waals surface area contributed by atoms with E-state index in [0.717, 1.165) is 19.4 Å². The van der Waals surface area contributed by atoms with Gasteiger partial charge in [0.05, 0.1) is 6.61 Å². The van der Waals surface area contributed by atoms with Crippen LogP contribution in [0, 0.1) is 0 Å². The van der Waals surface area contributed by atoms with E-state index in [1.807, 2.05) is 6.92 Å². The van der Waals surface area contributed by atoms with Gasteiger partial charge >= 0.3 is 5.97 Å². The van der Waals surface area contributed by atoms with Gasteiger partial charge in [-0.1, -0.05) is 0 Å². The lowest BCUT2D eigenvalue weighted by atomic mass is 10.0. The third-order valence-corrected chi connectivity index (χ3v) is 2.41. The SMILES string of the molecule is CCOC(=O)[C@@]1(C)CCCN1N. The van der Waals surface area contributed by atoms with Crippen molar-refractivity contribution in [2.45, 2.75) is 32.2 Å². The molecule has 70 valence electrons. The summed E-state index contributed by atoms with van der Waals surface area (Å²) in [6.45, 7) is 4.83. The molecule has 0 unspecified atom stereocenters. The van der Waals surface area contributed by atoms with Crippen molar-refractivity contribution in [1.82, 2.24) is 5.01 Å². The van der Waals surface area contributed by atoms with E-state index in [2.05, 4.69) is 0 Å². The van der Waals surface area contributed by atoms with Gasteiger partial charge in [-0.2, -0.15) is 0 Å². The Kier molecular flexibility index (Phi) is 2.69. The standard InChI is InChI=1S/C8H16N2O2/c1-3-12-7(11)8(2)5-4-6-10(8)9/h3-6,9H2,1-2H3/t8-/m1/s1. The summed E-state index contributed by atoms with van der Waals surface area (Å²) in [7, 11) is 0. The summed E-state index contributed by atoms with van der Waals surface area (Å²) in [6, 6.07) is 0. The van der Waals surface area contributed by atoms with Gasteiger partial charge < -0.3 is 4.74 Å². The first kappa shape index (κ1) is 9.48. The average Bonchev–Trinajstić information content (AvgIpc) is 2.34. The quantitative estimate of drug-likeness (QED) is 0.480. The molecule has 0 spiro atoms. The largest absolute Gasteiger partial charge is 0.465 e. The third-order valence-electron chi connectivity index (χ3n) is 2.41. The predicted molar refractivity (Wildman–Crippen MR) is 45.2 cm³/mol. The van der Waals surface area contributed by atoms with Crippen molar-refractivity contribution < 1.29 is 9.53 Å². The van der Waals surface area contributed by atoms with E-state index in [0.29, 0.717) is 6.61 Å². The van der Waals surface area contributed by atoms with Gasteiger partial charge in [0.15, 0.2) is 0 Å². The van der Waals surface area contributed by atoms with Crippen LogP contribution >= 0.6 is 0 Å². The molecule has 0 saturated carbocycles. The fraction of sp³-hybridized carbons (Fsp3) is 0.875. The molecule has 1 fully saturated rings. The number of nitrogens with two attached hydrogens (primary N) is 1. The van der Waals surface area contributed by atoms with E-state index in [-0.39, 0.29) is 5.97 Å². The zero-order valence-electron chi connectivity index (χ0n) is 7.67. The topological polar surface area (TPSA) is 55.6 Å². The third kappa shape index (κ3) is 1.44. The van der Waals surface area contributed by atoms with Crippen LogP contribution in [0.4, 0.5) is 0 Å². The van der Waals surface area contributed by atoms with Crippen LogP contribution in [0.25, 0.3) is 0 Å². The van der Waals surface area contributed by atoms with E-state index < -0.39 is 5.54 Å². The first-order chi connectivity index (χ1) is 5.61. The molecule has 0 bridgehead atoms. The van der Waals surface area contributed by atoms with Crippen molar-refractivity contribution in [2.24, 2.45) is 5.84 Å². The number of ether oxygens (including phenoxy) is 1. The smallest absolute Gasteiger partial charge is 0.327 e. The van der Waals surface area contributed by atoms with Gasteiger partial charge in [-0.25, -0.2) is 9.80 Å². The van der Waals surface area contributed by atoms with Crippen LogP contribution < -0.4 is 5.84 Å². The Bertz CT molecular complexity index is 184. The van der Waals surface area contributed by atoms with Gasteiger partial charge in [0.2, 0.25) is 0 Å². The maximum absolute atomic E-state index is 11.4. The van der Waals surface area contributed by atoms with Crippen molar-refractivity contribution in [2.75, 3.05) is 13.2 Å². The molecule has 1 atom stereocenters. The molecular weight excluding hydrogens is 156 g/mol. The summed E-state index contributed by atoms with van der Waals surface area (Å²) in [6.07, 6.45) is 1.76. The molecule has 1 aliphatic heterocycles. The zero-order valence-corrected chi connectivity index (χ0v) is 7.67. The minimum Gasteiger partial charge on any atom is -0.465 e. The Morgan fingerprint density at radius 1 is 1.75 bits per heavy atom. The lowest BCUT2D eigenvalue weighted by Gasteiger charge is -2.28. The molecule has 1 saturated heterocycles. The summed E-state index contributed by atoms with van der Waals surface area (Å²) in [5.74, 6) is 5.47. The highest BCUT2D eigenvalue weighted by Gasteiger charge is 2.42. The molecule has 0 aromatic rings. The van der Waals surface area contributed by atoms with Crippen molar-refractivity contribution in [3.8, 4) is 0 Å². The Morgan fingerprint density at radius 2 is 2.42 bits per heavy atom. The first-order valence-electron chi connectivity index (χ1n) is 4.31. The minimum atomic E-state index is -0.587. The zero-order chi connectivity index (χ0) is 9.19. The number of nitrogens with zero attached hydrogens (tertiary/aromatic N) is 1. The van der Waals surface area contributed by atoms with Crippen molar-refractivity contribution in [1.29, 1.82) is 0 Å². The predicted octanol–water partition coefficient (Wildman–Crippen LogP) is 0.278. The Morgan fingerprint density at radius 3 is 2.83 bits per heavy atom. The van der Waals surface area contributed by atoms with Crippen LogP contribution in [0.5, 0.6) is 0 Å². The fourth-order valence-corrected chi connectivity index (χ4v) is 1.49. The number of hydrogen-bond acceptors (Lipinski definition) is 4. The van der Waals surface area contributed by atoms with Crippen molar-refractivity contribution in [3.05, 3.63) is 0 Å². The molecule has 0 aromatic heterocycles. The van der Waals surface area contributed by atoms with E-state index in [1.165, 1.54) is 0 Å². The van der Waals surface area contributed by atoms with Gasteiger partial charge in [0, 0.05) is 6.54 Å². The van der Waals surface area contributed by atoms with Gasteiger partial charge in [-0.3, -0.25) is 5.84 Å². The molecule has 1 aliphatic rings. The monoisotopic (exact) mass is 172 g/mol. The second-order valence-corrected chi connectivity index (χ2v) is 3.29. The number of esters is 1. The summed E-state index contributed by atoms with van der Waals surface area (Å²) >= 11 is 0. The Hall–Kier alpha value is -0.610. The van der Waals surface area contributed by atoms with Crippen molar-refractivity contribution in [3.63, 3.8) is 0 Å². The number of carbonyl (C=O) groups excluding carboxylic acids is 1. The summed E-state index contributed by atoms with van der Waals surface area (Å²) in [5.41, 5.74) is -0.587. The number of rotatable bonds is 2. The van der Waals surface area contributed by atoms with Gasteiger partial charge in [-0.05, 0) is 26.7 Å². The summed E-state index contributed by atoms with van der Waals surface area (Å²) in [5, 5.41) is 1.57.